The normalized spacial score (nSPS) is 28.7. The lowest BCUT2D eigenvalue weighted by atomic mass is 9.93. The Bertz CT molecular complexity index is 532. The molecule has 2 aliphatic rings. The highest BCUT2D eigenvalue weighted by molar-refractivity contribution is 9.11. The smallest absolute Gasteiger partial charge is 0.229 e. The second-order valence-electron chi connectivity index (χ2n) is 4.71. The summed E-state index contributed by atoms with van der Waals surface area (Å²) < 4.78 is 1.18. The van der Waals surface area contributed by atoms with Crippen LogP contribution in [0, 0.1) is 17.8 Å². The van der Waals surface area contributed by atoms with Gasteiger partial charge in [-0.25, -0.2) is 9.97 Å². The van der Waals surface area contributed by atoms with Crippen LogP contribution in [0.1, 0.15) is 12.8 Å². The first-order chi connectivity index (χ1) is 8.63. The van der Waals surface area contributed by atoms with E-state index in [0.29, 0.717) is 26.9 Å². The highest BCUT2D eigenvalue weighted by atomic mass is 79.9. The average Bonchev–Trinajstić information content (AvgIpc) is 2.94. The Hall–Kier alpha value is -0.750. The Labute approximate surface area is 122 Å². The van der Waals surface area contributed by atoms with Crippen molar-refractivity contribution in [2.24, 2.45) is 17.8 Å². The van der Waals surface area contributed by atoms with E-state index in [1.165, 1.54) is 0 Å². The number of hydrogen-bond donors (Lipinski definition) is 1. The number of nitrogens with zero attached hydrogens (tertiary/aromatic N) is 2. The maximum Gasteiger partial charge on any atom is 0.229 e. The lowest BCUT2D eigenvalue weighted by Gasteiger charge is -2.17. The third-order valence-corrected chi connectivity index (χ3v) is 4.49. The molecule has 0 spiro atoms. The molecule has 3 rings (SSSR count). The second-order valence-corrected chi connectivity index (χ2v) is 6.27. The highest BCUT2D eigenvalue weighted by Crippen LogP contribution is 2.43. The largest absolute Gasteiger partial charge is 0.308 e. The van der Waals surface area contributed by atoms with Gasteiger partial charge in [0.1, 0.15) is 9.21 Å². The molecular formula is C12H11Br2N3O. The number of allylic oxidation sites excluding steroid dienone is 2. The fourth-order valence-corrected chi connectivity index (χ4v) is 3.63. The van der Waals surface area contributed by atoms with E-state index >= 15 is 0 Å². The molecular weight excluding hydrogens is 362 g/mol. The van der Waals surface area contributed by atoms with Crippen molar-refractivity contribution >= 4 is 43.6 Å². The molecule has 0 saturated heterocycles. The molecule has 3 atom stereocenters. The summed E-state index contributed by atoms with van der Waals surface area (Å²) in [4.78, 5) is 20.5. The van der Waals surface area contributed by atoms with Gasteiger partial charge in [-0.05, 0) is 56.5 Å². The average molecular weight is 373 g/mol. The number of halogens is 2. The minimum Gasteiger partial charge on any atom is -0.308 e. The number of anilines is 1. The van der Waals surface area contributed by atoms with Gasteiger partial charge in [0.25, 0.3) is 0 Å². The lowest BCUT2D eigenvalue weighted by Crippen LogP contribution is -2.26. The van der Waals surface area contributed by atoms with E-state index in [0.717, 1.165) is 12.8 Å². The molecule has 2 aliphatic carbocycles. The van der Waals surface area contributed by atoms with E-state index in [1.807, 2.05) is 0 Å². The lowest BCUT2D eigenvalue weighted by molar-refractivity contribution is -0.120. The molecule has 1 saturated carbocycles. The third kappa shape index (κ3) is 2.23. The van der Waals surface area contributed by atoms with Crippen LogP contribution in [-0.2, 0) is 4.79 Å². The molecule has 0 radical (unpaired) electrons. The Morgan fingerprint density at radius 3 is 2.78 bits per heavy atom. The number of hydrogen-bond acceptors (Lipinski definition) is 3. The summed E-state index contributed by atoms with van der Waals surface area (Å²) in [5.74, 6) is 1.60. The van der Waals surface area contributed by atoms with Crippen molar-refractivity contribution in [2.75, 3.05) is 5.32 Å². The Morgan fingerprint density at radius 1 is 1.33 bits per heavy atom. The molecule has 4 nitrogen and oxygen atoms in total. The SMILES string of the molecule is O=C(Nc1ncc(Br)nc1Br)C1CC2C=CC1C2. The van der Waals surface area contributed by atoms with Crippen LogP contribution in [0.3, 0.4) is 0 Å². The number of carbonyl (C=O) groups excluding carboxylic acids is 1. The maximum atomic E-state index is 12.2. The first-order valence-corrected chi connectivity index (χ1v) is 7.39. The van der Waals surface area contributed by atoms with E-state index in [2.05, 4.69) is 59.3 Å². The number of aromatic nitrogens is 2. The number of fused-ring (bicyclic) bond motifs is 2. The van der Waals surface area contributed by atoms with Crippen molar-refractivity contribution in [1.82, 2.24) is 9.97 Å². The van der Waals surface area contributed by atoms with Gasteiger partial charge < -0.3 is 5.32 Å². The summed E-state index contributed by atoms with van der Waals surface area (Å²) in [6.45, 7) is 0. The minimum atomic E-state index is 0.0455. The monoisotopic (exact) mass is 371 g/mol. The number of amides is 1. The molecule has 1 aromatic rings. The molecule has 1 N–H and O–H groups in total. The summed E-state index contributed by atoms with van der Waals surface area (Å²) in [6.07, 6.45) is 8.03. The Morgan fingerprint density at radius 2 is 2.17 bits per heavy atom. The van der Waals surface area contributed by atoms with Crippen LogP contribution in [0.15, 0.2) is 27.6 Å². The zero-order valence-corrected chi connectivity index (χ0v) is 12.6. The summed E-state index contributed by atoms with van der Waals surface area (Å²) >= 11 is 6.52. The predicted octanol–water partition coefficient (Wildman–Crippen LogP) is 3.15. The fraction of sp³-hybridized carbons (Fsp3) is 0.417. The van der Waals surface area contributed by atoms with Gasteiger partial charge in [0.05, 0.1) is 6.20 Å². The summed E-state index contributed by atoms with van der Waals surface area (Å²) in [5, 5.41) is 2.85. The Balaban J connectivity index is 1.73. The molecule has 6 heteroatoms. The van der Waals surface area contributed by atoms with Crippen LogP contribution in [0.5, 0.6) is 0 Å². The van der Waals surface area contributed by atoms with Crippen LogP contribution in [0.4, 0.5) is 5.82 Å². The first kappa shape index (κ1) is 12.3. The van der Waals surface area contributed by atoms with Gasteiger partial charge in [-0.1, -0.05) is 12.2 Å². The maximum absolute atomic E-state index is 12.2. The van der Waals surface area contributed by atoms with Crippen molar-refractivity contribution in [3.8, 4) is 0 Å². The van der Waals surface area contributed by atoms with Crippen molar-refractivity contribution in [1.29, 1.82) is 0 Å². The fourth-order valence-electron chi connectivity index (χ4n) is 2.72. The predicted molar refractivity (Wildman–Crippen MR) is 74.9 cm³/mol. The molecule has 0 aliphatic heterocycles. The van der Waals surface area contributed by atoms with E-state index < -0.39 is 0 Å². The van der Waals surface area contributed by atoms with Crippen molar-refractivity contribution in [3.05, 3.63) is 27.6 Å². The van der Waals surface area contributed by atoms with Gasteiger partial charge in [0, 0.05) is 5.92 Å². The molecule has 94 valence electrons. The molecule has 3 unspecified atom stereocenters. The van der Waals surface area contributed by atoms with E-state index in [1.54, 1.807) is 6.20 Å². The van der Waals surface area contributed by atoms with Gasteiger partial charge in [-0.2, -0.15) is 0 Å². The topological polar surface area (TPSA) is 54.9 Å². The molecule has 18 heavy (non-hydrogen) atoms. The van der Waals surface area contributed by atoms with Gasteiger partial charge in [0.2, 0.25) is 5.91 Å². The zero-order valence-electron chi connectivity index (χ0n) is 9.44. The van der Waals surface area contributed by atoms with Crippen LogP contribution in [0.2, 0.25) is 0 Å². The first-order valence-electron chi connectivity index (χ1n) is 5.80. The summed E-state index contributed by atoms with van der Waals surface area (Å²) in [5.41, 5.74) is 0. The zero-order chi connectivity index (χ0) is 12.7. The van der Waals surface area contributed by atoms with Gasteiger partial charge in [0.15, 0.2) is 5.82 Å². The van der Waals surface area contributed by atoms with Crippen LogP contribution >= 0.6 is 31.9 Å². The Kier molecular flexibility index (Phi) is 3.23. The van der Waals surface area contributed by atoms with Gasteiger partial charge in [-0.3, -0.25) is 4.79 Å². The number of carbonyl (C=O) groups is 1. The summed E-state index contributed by atoms with van der Waals surface area (Å²) in [6, 6.07) is 0. The summed E-state index contributed by atoms with van der Waals surface area (Å²) in [7, 11) is 0. The van der Waals surface area contributed by atoms with Gasteiger partial charge >= 0.3 is 0 Å². The molecule has 1 heterocycles. The van der Waals surface area contributed by atoms with E-state index in [9.17, 15) is 4.79 Å². The van der Waals surface area contributed by atoms with Crippen LogP contribution in [0.25, 0.3) is 0 Å². The van der Waals surface area contributed by atoms with Crippen LogP contribution in [-0.4, -0.2) is 15.9 Å². The molecule has 1 aromatic heterocycles. The van der Waals surface area contributed by atoms with E-state index in [4.69, 9.17) is 0 Å². The molecule has 1 fully saturated rings. The third-order valence-electron chi connectivity index (χ3n) is 3.56. The number of rotatable bonds is 2. The standard InChI is InChI=1S/C12H11Br2N3O/c13-9-5-15-11(10(14)16-9)17-12(18)8-4-6-1-2-7(8)3-6/h1-2,5-8H,3-4H2,(H,15,17,18). The van der Waals surface area contributed by atoms with Crippen molar-refractivity contribution in [3.63, 3.8) is 0 Å². The molecule has 0 aromatic carbocycles. The van der Waals surface area contributed by atoms with Crippen LogP contribution < -0.4 is 5.32 Å². The minimum absolute atomic E-state index is 0.0455. The molecule has 1 amide bonds. The van der Waals surface area contributed by atoms with Crippen molar-refractivity contribution < 1.29 is 4.79 Å². The second kappa shape index (κ2) is 4.74. The quantitative estimate of drug-likeness (QED) is 0.811. The highest BCUT2D eigenvalue weighted by Gasteiger charge is 2.39. The number of nitrogens with one attached hydrogen (secondary N) is 1. The molecule has 2 bridgehead atoms. The van der Waals surface area contributed by atoms with Crippen molar-refractivity contribution in [2.45, 2.75) is 12.8 Å². The van der Waals surface area contributed by atoms with E-state index in [-0.39, 0.29) is 11.8 Å². The van der Waals surface area contributed by atoms with Gasteiger partial charge in [-0.15, -0.1) is 0 Å².